The van der Waals surface area contributed by atoms with Gasteiger partial charge in [-0.15, -0.1) is 0 Å². The summed E-state index contributed by atoms with van der Waals surface area (Å²) in [5, 5.41) is 0. The molecule has 3 aromatic carbocycles. The Morgan fingerprint density at radius 1 is 0.788 bits per heavy atom. The number of carbonyl (C=O) groups excluding carboxylic acids is 2. The van der Waals surface area contributed by atoms with Gasteiger partial charge in [0.05, 0.1) is 34.5 Å². The number of rotatable bonds is 16. The topological polar surface area (TPSA) is 105 Å². The predicted molar refractivity (Wildman–Crippen MR) is 198 cm³/mol. The number of benzene rings is 3. The van der Waals surface area contributed by atoms with Crippen LogP contribution in [0.5, 0.6) is 28.7 Å². The lowest BCUT2D eigenvalue weighted by molar-refractivity contribution is -0.128. The summed E-state index contributed by atoms with van der Waals surface area (Å²) in [4.78, 5) is 31.7. The van der Waals surface area contributed by atoms with Crippen LogP contribution in [0.15, 0.2) is 66.2 Å². The summed E-state index contributed by atoms with van der Waals surface area (Å²) in [5.41, 5.74) is 3.58. The number of hydrogen-bond acceptors (Lipinski definition) is 9. The predicted octanol–water partition coefficient (Wildman–Crippen LogP) is 7.29. The maximum absolute atomic E-state index is 14.8. The summed E-state index contributed by atoms with van der Waals surface area (Å²) in [6.07, 6.45) is 2.64. The van der Waals surface area contributed by atoms with Gasteiger partial charge in [0.25, 0.3) is 5.91 Å². The number of ether oxygens (including phenoxy) is 7. The van der Waals surface area contributed by atoms with Gasteiger partial charge in [-0.2, -0.15) is 0 Å². The summed E-state index contributed by atoms with van der Waals surface area (Å²) < 4.78 is 39.5. The van der Waals surface area contributed by atoms with Crippen molar-refractivity contribution in [3.05, 3.63) is 82.9 Å². The van der Waals surface area contributed by atoms with E-state index in [-0.39, 0.29) is 18.5 Å². The first kappa shape index (κ1) is 38.3. The van der Waals surface area contributed by atoms with E-state index >= 15 is 0 Å². The van der Waals surface area contributed by atoms with Crippen LogP contribution >= 0.6 is 0 Å². The Morgan fingerprint density at radius 3 is 2.06 bits per heavy atom. The lowest BCUT2D eigenvalue weighted by atomic mass is 9.91. The van der Waals surface area contributed by atoms with Crippen molar-refractivity contribution in [2.75, 3.05) is 54.7 Å². The Kier molecular flexibility index (Phi) is 12.9. The van der Waals surface area contributed by atoms with E-state index in [0.717, 1.165) is 41.5 Å². The van der Waals surface area contributed by atoms with E-state index < -0.39 is 11.7 Å². The molecule has 0 bridgehead atoms. The zero-order valence-corrected chi connectivity index (χ0v) is 31.5. The summed E-state index contributed by atoms with van der Waals surface area (Å²) in [6.45, 7) is 7.87. The van der Waals surface area contributed by atoms with Gasteiger partial charge in [-0.1, -0.05) is 18.2 Å². The second-order valence-corrected chi connectivity index (χ2v) is 14.0. The first-order valence-corrected chi connectivity index (χ1v) is 17.8. The minimum atomic E-state index is -0.665. The number of amides is 2. The van der Waals surface area contributed by atoms with Gasteiger partial charge in [0.2, 0.25) is 0 Å². The van der Waals surface area contributed by atoms with Crippen LogP contribution in [0, 0.1) is 0 Å². The Balaban J connectivity index is 1.45. The molecule has 0 radical (unpaired) electrons. The quantitative estimate of drug-likeness (QED) is 0.141. The highest BCUT2D eigenvalue weighted by atomic mass is 16.6. The second kappa shape index (κ2) is 17.5. The van der Waals surface area contributed by atoms with Crippen molar-refractivity contribution in [1.82, 2.24) is 9.80 Å². The summed E-state index contributed by atoms with van der Waals surface area (Å²) in [5.74, 6) is 3.11. The molecule has 3 aromatic rings. The van der Waals surface area contributed by atoms with E-state index in [1.54, 1.807) is 39.4 Å². The first-order valence-electron chi connectivity index (χ1n) is 17.8. The highest BCUT2D eigenvalue weighted by Crippen LogP contribution is 2.36. The summed E-state index contributed by atoms with van der Waals surface area (Å²) in [7, 11) is 6.48. The summed E-state index contributed by atoms with van der Waals surface area (Å²) in [6, 6.07) is 19.3. The standard InChI is InChI=1S/C41H52N2O9/c1-41(2,3)52-40(45)42-15-14-37(30-11-8-10-28(18-30)27-51-36-23-33(48-6)21-34(24-36)49-7)38(26-42)39(44)43(31-12-13-31)25-29-19-32(47-5)22-35(20-29)50-17-9-16-46-4/h8,10-11,18-24,31H,9,12-17,25-27H2,1-7H3. The van der Waals surface area contributed by atoms with E-state index in [2.05, 4.69) is 6.07 Å². The van der Waals surface area contributed by atoms with Gasteiger partial charge >= 0.3 is 6.09 Å². The van der Waals surface area contributed by atoms with Crippen LogP contribution < -0.4 is 23.7 Å². The minimum Gasteiger partial charge on any atom is -0.497 e. The van der Waals surface area contributed by atoms with Crippen LogP contribution in [-0.4, -0.2) is 88.2 Å². The molecule has 1 aliphatic carbocycles. The van der Waals surface area contributed by atoms with Crippen molar-refractivity contribution < 1.29 is 42.7 Å². The summed E-state index contributed by atoms with van der Waals surface area (Å²) >= 11 is 0. The average Bonchev–Trinajstić information content (AvgIpc) is 3.99. The highest BCUT2D eigenvalue weighted by Gasteiger charge is 2.38. The lowest BCUT2D eigenvalue weighted by Gasteiger charge is -2.34. The van der Waals surface area contributed by atoms with Crippen molar-refractivity contribution in [1.29, 1.82) is 0 Å². The smallest absolute Gasteiger partial charge is 0.410 e. The maximum atomic E-state index is 14.8. The van der Waals surface area contributed by atoms with Crippen molar-refractivity contribution >= 4 is 17.6 Å². The van der Waals surface area contributed by atoms with Crippen LogP contribution in [-0.2, 0) is 27.4 Å². The van der Waals surface area contributed by atoms with Crippen LogP contribution in [0.3, 0.4) is 0 Å². The van der Waals surface area contributed by atoms with Crippen LogP contribution in [0.1, 0.15) is 63.1 Å². The molecule has 0 spiro atoms. The second-order valence-electron chi connectivity index (χ2n) is 14.0. The Hall–Kier alpha value is -4.90. The monoisotopic (exact) mass is 716 g/mol. The zero-order valence-electron chi connectivity index (χ0n) is 31.5. The average molecular weight is 717 g/mol. The molecule has 11 nitrogen and oxygen atoms in total. The van der Waals surface area contributed by atoms with Crippen LogP contribution in [0.25, 0.3) is 5.57 Å². The minimum absolute atomic E-state index is 0.0926. The molecule has 1 heterocycles. The Morgan fingerprint density at radius 2 is 1.42 bits per heavy atom. The van der Waals surface area contributed by atoms with Crippen molar-refractivity contribution in [2.24, 2.45) is 0 Å². The largest absolute Gasteiger partial charge is 0.497 e. The molecule has 2 aliphatic rings. The molecule has 0 atom stereocenters. The molecule has 0 unspecified atom stereocenters. The molecule has 1 saturated carbocycles. The molecular weight excluding hydrogens is 664 g/mol. The van der Waals surface area contributed by atoms with E-state index in [9.17, 15) is 9.59 Å². The molecule has 280 valence electrons. The number of hydrogen-bond donors (Lipinski definition) is 0. The zero-order chi connectivity index (χ0) is 37.3. The normalized spacial score (nSPS) is 14.5. The van der Waals surface area contributed by atoms with E-state index in [1.807, 2.05) is 74.2 Å². The third-order valence-corrected chi connectivity index (χ3v) is 8.80. The van der Waals surface area contributed by atoms with Gasteiger partial charge in [0, 0.05) is 69.1 Å². The SMILES string of the molecule is COCCCOc1cc(CN(C(=O)C2=C(c3cccc(COc4cc(OC)cc(OC)c4)c3)CCN(C(=O)OC(C)(C)C)C2)C2CC2)cc(OC)c1. The third-order valence-electron chi connectivity index (χ3n) is 8.80. The lowest BCUT2D eigenvalue weighted by Crippen LogP contribution is -2.44. The molecule has 1 fully saturated rings. The molecule has 2 amide bonds. The Bertz CT molecular complexity index is 1710. The van der Waals surface area contributed by atoms with Gasteiger partial charge in [-0.25, -0.2) is 4.79 Å². The van der Waals surface area contributed by atoms with Crippen molar-refractivity contribution in [2.45, 2.75) is 71.2 Å². The van der Waals surface area contributed by atoms with Gasteiger partial charge in [0.15, 0.2) is 0 Å². The molecule has 0 saturated heterocycles. The highest BCUT2D eigenvalue weighted by molar-refractivity contribution is 6.03. The molecule has 5 rings (SSSR count). The van der Waals surface area contributed by atoms with E-state index in [0.29, 0.717) is 73.7 Å². The fourth-order valence-electron chi connectivity index (χ4n) is 6.08. The van der Waals surface area contributed by atoms with Crippen LogP contribution in [0.2, 0.25) is 0 Å². The maximum Gasteiger partial charge on any atom is 0.410 e. The third kappa shape index (κ3) is 10.6. The first-order chi connectivity index (χ1) is 25.0. The van der Waals surface area contributed by atoms with Gasteiger partial charge in [-0.05, 0) is 80.5 Å². The fourth-order valence-corrected chi connectivity index (χ4v) is 6.08. The van der Waals surface area contributed by atoms with Crippen molar-refractivity contribution in [3.63, 3.8) is 0 Å². The number of carbonyl (C=O) groups is 2. The molecule has 0 aromatic heterocycles. The Labute approximate surface area is 307 Å². The van der Waals surface area contributed by atoms with Gasteiger partial charge < -0.3 is 43.0 Å². The van der Waals surface area contributed by atoms with Crippen LogP contribution in [0.4, 0.5) is 4.79 Å². The molecule has 11 heteroatoms. The fraction of sp³-hybridized carbons (Fsp3) is 0.463. The molecular formula is C41H52N2O9. The number of nitrogens with zero attached hydrogens (tertiary/aromatic N) is 2. The molecule has 52 heavy (non-hydrogen) atoms. The van der Waals surface area contributed by atoms with Gasteiger partial charge in [0.1, 0.15) is 41.0 Å². The van der Waals surface area contributed by atoms with E-state index in [1.165, 1.54) is 0 Å². The van der Waals surface area contributed by atoms with E-state index in [4.69, 9.17) is 33.2 Å². The van der Waals surface area contributed by atoms with Gasteiger partial charge in [-0.3, -0.25) is 4.79 Å². The molecule has 1 aliphatic heterocycles. The number of methoxy groups -OCH3 is 4. The molecule has 0 N–H and O–H groups in total. The van der Waals surface area contributed by atoms with Crippen molar-refractivity contribution in [3.8, 4) is 28.7 Å².